The first-order valence-corrected chi connectivity index (χ1v) is 8.40. The average Bonchev–Trinajstić information content (AvgIpc) is 2.61. The summed E-state index contributed by atoms with van der Waals surface area (Å²) in [5, 5.41) is 11.7. The van der Waals surface area contributed by atoms with Crippen molar-refractivity contribution in [2.24, 2.45) is 0 Å². The van der Waals surface area contributed by atoms with Crippen molar-refractivity contribution in [1.82, 2.24) is 0 Å². The Morgan fingerprint density at radius 2 is 2.00 bits per heavy atom. The van der Waals surface area contributed by atoms with Gasteiger partial charge in [-0.2, -0.15) is 0 Å². The summed E-state index contributed by atoms with van der Waals surface area (Å²) in [5.41, 5.74) is 8.01. The predicted octanol–water partition coefficient (Wildman–Crippen LogP) is 2.58. The second kappa shape index (κ2) is 7.35. The predicted molar refractivity (Wildman–Crippen MR) is 99.8 cm³/mol. The highest BCUT2D eigenvalue weighted by Gasteiger charge is 2.26. The summed E-state index contributed by atoms with van der Waals surface area (Å²) in [6.07, 6.45) is 0.815. The molecule has 1 heterocycles. The van der Waals surface area contributed by atoms with Crippen LogP contribution in [-0.2, 0) is 4.79 Å². The van der Waals surface area contributed by atoms with Gasteiger partial charge in [-0.05, 0) is 42.8 Å². The molecule has 1 amide bonds. The summed E-state index contributed by atoms with van der Waals surface area (Å²) in [7, 11) is 0. The number of anilines is 3. The van der Waals surface area contributed by atoms with Crippen LogP contribution in [0.15, 0.2) is 42.5 Å². The third-order valence-electron chi connectivity index (χ3n) is 4.25. The molecule has 3 rings (SSSR count). The number of hydrogen-bond acceptors (Lipinski definition) is 5. The fourth-order valence-electron chi connectivity index (χ4n) is 2.88. The second-order valence-electron chi connectivity index (χ2n) is 6.19. The van der Waals surface area contributed by atoms with E-state index in [1.807, 2.05) is 17.9 Å². The first-order chi connectivity index (χ1) is 12.5. The number of amides is 1. The van der Waals surface area contributed by atoms with Crippen LogP contribution in [-0.4, -0.2) is 36.2 Å². The Balaban J connectivity index is 1.71. The van der Waals surface area contributed by atoms with Crippen molar-refractivity contribution in [3.63, 3.8) is 0 Å². The van der Waals surface area contributed by atoms with Gasteiger partial charge in [-0.25, -0.2) is 4.79 Å². The molecule has 0 aromatic heterocycles. The Labute approximate surface area is 151 Å². The molecule has 1 aliphatic heterocycles. The number of carbonyl (C=O) groups excluding carboxylic acids is 1. The lowest BCUT2D eigenvalue weighted by Crippen LogP contribution is -2.43. The van der Waals surface area contributed by atoms with Gasteiger partial charge in [0.2, 0.25) is 5.91 Å². The summed E-state index contributed by atoms with van der Waals surface area (Å²) in [6, 6.07) is 11.5. The lowest BCUT2D eigenvalue weighted by atomic mass is 10.1. The number of benzene rings is 2. The number of nitrogen functional groups attached to an aromatic ring is 1. The van der Waals surface area contributed by atoms with E-state index in [1.165, 1.54) is 12.1 Å². The number of nitrogens with one attached hydrogen (secondary N) is 1. The molecule has 1 unspecified atom stereocenters. The first kappa shape index (κ1) is 17.6. The molecule has 0 fully saturated rings. The van der Waals surface area contributed by atoms with E-state index in [-0.39, 0.29) is 24.1 Å². The minimum absolute atomic E-state index is 0.00745. The molecule has 136 valence electrons. The Kier molecular flexibility index (Phi) is 4.97. The van der Waals surface area contributed by atoms with Gasteiger partial charge in [0.25, 0.3) is 0 Å². The number of fused-ring (bicyclic) bond motifs is 1. The highest BCUT2D eigenvalue weighted by molar-refractivity contribution is 5.95. The maximum Gasteiger partial charge on any atom is 0.335 e. The standard InChI is InChI=1S/C19H21N3O4/c1-2-15-10-22(16-8-5-13(20)9-17(16)26-15)11-18(23)21-14-6-3-12(4-7-14)19(24)25/h3-9,15H,2,10-11,20H2,1H3,(H,21,23)(H,24,25). The van der Waals surface area contributed by atoms with Crippen LogP contribution in [0.1, 0.15) is 23.7 Å². The Morgan fingerprint density at radius 1 is 1.27 bits per heavy atom. The third-order valence-corrected chi connectivity index (χ3v) is 4.25. The van der Waals surface area contributed by atoms with Crippen molar-refractivity contribution in [3.8, 4) is 5.75 Å². The van der Waals surface area contributed by atoms with E-state index < -0.39 is 5.97 Å². The molecular weight excluding hydrogens is 334 g/mol. The molecule has 26 heavy (non-hydrogen) atoms. The van der Waals surface area contributed by atoms with Crippen molar-refractivity contribution < 1.29 is 19.4 Å². The summed E-state index contributed by atoms with van der Waals surface area (Å²) in [4.78, 5) is 25.3. The number of nitrogens with zero attached hydrogens (tertiary/aromatic N) is 1. The zero-order valence-corrected chi connectivity index (χ0v) is 14.4. The molecule has 4 N–H and O–H groups in total. The number of carboxylic acid groups (broad SMARTS) is 1. The van der Waals surface area contributed by atoms with Gasteiger partial charge < -0.3 is 25.8 Å². The maximum atomic E-state index is 12.4. The lowest BCUT2D eigenvalue weighted by Gasteiger charge is -2.35. The monoisotopic (exact) mass is 355 g/mol. The zero-order valence-electron chi connectivity index (χ0n) is 14.4. The van der Waals surface area contributed by atoms with Crippen LogP contribution in [0.4, 0.5) is 17.1 Å². The van der Waals surface area contributed by atoms with Gasteiger partial charge in [0.05, 0.1) is 24.3 Å². The highest BCUT2D eigenvalue weighted by atomic mass is 16.5. The van der Waals surface area contributed by atoms with E-state index in [9.17, 15) is 9.59 Å². The van der Waals surface area contributed by atoms with Crippen LogP contribution in [0.2, 0.25) is 0 Å². The molecule has 7 nitrogen and oxygen atoms in total. The molecule has 2 aromatic carbocycles. The second-order valence-corrected chi connectivity index (χ2v) is 6.19. The molecule has 0 saturated carbocycles. The topological polar surface area (TPSA) is 105 Å². The lowest BCUT2D eigenvalue weighted by molar-refractivity contribution is -0.115. The minimum atomic E-state index is -1.00. The SMILES string of the molecule is CCC1CN(CC(=O)Nc2ccc(C(=O)O)cc2)c2ccc(N)cc2O1. The number of carboxylic acids is 1. The Bertz CT molecular complexity index is 820. The van der Waals surface area contributed by atoms with Gasteiger partial charge in [0.1, 0.15) is 11.9 Å². The molecule has 0 bridgehead atoms. The van der Waals surface area contributed by atoms with Gasteiger partial charge in [0, 0.05) is 17.4 Å². The molecule has 7 heteroatoms. The highest BCUT2D eigenvalue weighted by Crippen LogP contribution is 2.35. The van der Waals surface area contributed by atoms with Crippen LogP contribution < -0.4 is 20.7 Å². The number of ether oxygens (including phenoxy) is 1. The molecule has 0 saturated heterocycles. The molecule has 0 radical (unpaired) electrons. The zero-order chi connectivity index (χ0) is 18.7. The summed E-state index contributed by atoms with van der Waals surface area (Å²) in [5.74, 6) is -0.507. The van der Waals surface area contributed by atoms with E-state index in [2.05, 4.69) is 5.32 Å². The minimum Gasteiger partial charge on any atom is -0.486 e. The third kappa shape index (κ3) is 3.88. The molecule has 0 aliphatic carbocycles. The van der Waals surface area contributed by atoms with Crippen molar-refractivity contribution in [2.45, 2.75) is 19.4 Å². The Morgan fingerprint density at radius 3 is 2.65 bits per heavy atom. The van der Waals surface area contributed by atoms with Crippen LogP contribution in [0.25, 0.3) is 0 Å². The van der Waals surface area contributed by atoms with Gasteiger partial charge >= 0.3 is 5.97 Å². The van der Waals surface area contributed by atoms with Crippen molar-refractivity contribution >= 4 is 28.9 Å². The largest absolute Gasteiger partial charge is 0.486 e. The molecule has 1 atom stereocenters. The number of carbonyl (C=O) groups is 2. The molecule has 0 spiro atoms. The number of hydrogen-bond donors (Lipinski definition) is 3. The van der Waals surface area contributed by atoms with Crippen LogP contribution in [0, 0.1) is 0 Å². The number of aromatic carboxylic acids is 1. The number of rotatable bonds is 5. The fraction of sp³-hybridized carbons (Fsp3) is 0.263. The smallest absolute Gasteiger partial charge is 0.335 e. The van der Waals surface area contributed by atoms with Crippen LogP contribution in [0.3, 0.4) is 0 Å². The quantitative estimate of drug-likeness (QED) is 0.712. The van der Waals surface area contributed by atoms with Crippen LogP contribution >= 0.6 is 0 Å². The molecule has 1 aliphatic rings. The Hall–Kier alpha value is -3.22. The van der Waals surface area contributed by atoms with Gasteiger partial charge in [-0.3, -0.25) is 4.79 Å². The van der Waals surface area contributed by atoms with E-state index in [0.29, 0.717) is 23.7 Å². The van der Waals surface area contributed by atoms with Gasteiger partial charge in [-0.1, -0.05) is 6.92 Å². The maximum absolute atomic E-state index is 12.4. The van der Waals surface area contributed by atoms with E-state index in [4.69, 9.17) is 15.6 Å². The summed E-state index contributed by atoms with van der Waals surface area (Å²) >= 11 is 0. The number of nitrogens with two attached hydrogens (primary N) is 1. The normalized spacial score (nSPS) is 15.7. The summed E-state index contributed by atoms with van der Waals surface area (Å²) in [6.45, 7) is 2.81. The molecule has 2 aromatic rings. The van der Waals surface area contributed by atoms with Gasteiger partial charge in [-0.15, -0.1) is 0 Å². The van der Waals surface area contributed by atoms with Crippen molar-refractivity contribution in [2.75, 3.05) is 29.0 Å². The average molecular weight is 355 g/mol. The van der Waals surface area contributed by atoms with Crippen molar-refractivity contribution in [3.05, 3.63) is 48.0 Å². The fourth-order valence-corrected chi connectivity index (χ4v) is 2.88. The summed E-state index contributed by atoms with van der Waals surface area (Å²) < 4.78 is 5.92. The van der Waals surface area contributed by atoms with E-state index in [1.54, 1.807) is 24.3 Å². The van der Waals surface area contributed by atoms with Crippen LogP contribution in [0.5, 0.6) is 5.75 Å². The van der Waals surface area contributed by atoms with E-state index in [0.717, 1.165) is 12.1 Å². The van der Waals surface area contributed by atoms with Gasteiger partial charge in [0.15, 0.2) is 0 Å². The van der Waals surface area contributed by atoms with E-state index >= 15 is 0 Å². The first-order valence-electron chi connectivity index (χ1n) is 8.40. The molecular formula is C19H21N3O4. The van der Waals surface area contributed by atoms with Crippen molar-refractivity contribution in [1.29, 1.82) is 0 Å².